The highest BCUT2D eigenvalue weighted by Gasteiger charge is 2.11. The predicted molar refractivity (Wildman–Crippen MR) is 61.0 cm³/mol. The number of aliphatic hydroxyl groups excluding tert-OH is 1. The summed E-state index contributed by atoms with van der Waals surface area (Å²) in [4.78, 5) is 0. The van der Waals surface area contributed by atoms with Crippen molar-refractivity contribution < 1.29 is 9.84 Å². The number of nitrogens with zero attached hydrogens (tertiary/aromatic N) is 4. The SMILES string of the molecule is COCc1c(CC#N)nnn1CCCCCO. The monoisotopic (exact) mass is 238 g/mol. The van der Waals surface area contributed by atoms with Gasteiger partial charge in [-0.05, 0) is 19.3 Å². The second-order valence-electron chi connectivity index (χ2n) is 3.76. The van der Waals surface area contributed by atoms with Crippen molar-refractivity contribution >= 4 is 0 Å². The van der Waals surface area contributed by atoms with E-state index in [2.05, 4.69) is 16.4 Å². The van der Waals surface area contributed by atoms with Crippen molar-refractivity contribution in [2.45, 2.75) is 38.8 Å². The Kier molecular flexibility index (Phi) is 6.22. The molecule has 0 saturated carbocycles. The summed E-state index contributed by atoms with van der Waals surface area (Å²) in [5.74, 6) is 0. The van der Waals surface area contributed by atoms with Gasteiger partial charge in [0.1, 0.15) is 5.69 Å². The van der Waals surface area contributed by atoms with Crippen molar-refractivity contribution in [3.63, 3.8) is 0 Å². The smallest absolute Gasteiger partial charge is 0.102 e. The summed E-state index contributed by atoms with van der Waals surface area (Å²) in [5.41, 5.74) is 1.56. The van der Waals surface area contributed by atoms with Crippen molar-refractivity contribution in [2.75, 3.05) is 13.7 Å². The predicted octanol–water partition coefficient (Wildman–Crippen LogP) is 0.653. The maximum atomic E-state index is 8.69. The number of aryl methyl sites for hydroxylation is 1. The van der Waals surface area contributed by atoms with Gasteiger partial charge in [-0.2, -0.15) is 5.26 Å². The van der Waals surface area contributed by atoms with Crippen LogP contribution in [0.25, 0.3) is 0 Å². The second-order valence-corrected chi connectivity index (χ2v) is 3.76. The molecule has 0 bridgehead atoms. The number of methoxy groups -OCH3 is 1. The molecular formula is C11H18N4O2. The first kappa shape index (κ1) is 13.6. The minimum atomic E-state index is 0.224. The Morgan fingerprint density at radius 1 is 1.41 bits per heavy atom. The van der Waals surface area contributed by atoms with Crippen LogP contribution < -0.4 is 0 Å². The Bertz CT molecular complexity index is 370. The van der Waals surface area contributed by atoms with Gasteiger partial charge in [-0.3, -0.25) is 0 Å². The number of hydrogen-bond donors (Lipinski definition) is 1. The summed E-state index contributed by atoms with van der Waals surface area (Å²) in [5, 5.41) is 25.4. The minimum Gasteiger partial charge on any atom is -0.396 e. The van der Waals surface area contributed by atoms with Gasteiger partial charge in [0.15, 0.2) is 0 Å². The van der Waals surface area contributed by atoms with Crippen LogP contribution in [0.15, 0.2) is 0 Å². The first-order valence-corrected chi connectivity index (χ1v) is 5.71. The summed E-state index contributed by atoms with van der Waals surface area (Å²) in [7, 11) is 1.61. The molecule has 1 heterocycles. The van der Waals surface area contributed by atoms with Gasteiger partial charge in [0.2, 0.25) is 0 Å². The van der Waals surface area contributed by atoms with Crippen molar-refractivity contribution in [1.29, 1.82) is 5.26 Å². The zero-order valence-corrected chi connectivity index (χ0v) is 10.1. The summed E-state index contributed by atoms with van der Waals surface area (Å²) < 4.78 is 6.88. The van der Waals surface area contributed by atoms with E-state index in [4.69, 9.17) is 15.1 Å². The van der Waals surface area contributed by atoms with Crippen LogP contribution in [0.2, 0.25) is 0 Å². The largest absolute Gasteiger partial charge is 0.396 e. The van der Waals surface area contributed by atoms with E-state index >= 15 is 0 Å². The molecule has 0 aliphatic carbocycles. The number of ether oxygens (including phenoxy) is 1. The van der Waals surface area contributed by atoms with E-state index in [0.29, 0.717) is 12.3 Å². The molecular weight excluding hydrogens is 220 g/mol. The van der Waals surface area contributed by atoms with Crippen molar-refractivity contribution in [3.05, 3.63) is 11.4 Å². The molecule has 1 rings (SSSR count). The van der Waals surface area contributed by atoms with Crippen molar-refractivity contribution in [2.24, 2.45) is 0 Å². The molecule has 0 fully saturated rings. The number of nitriles is 1. The van der Waals surface area contributed by atoms with E-state index in [1.807, 2.05) is 0 Å². The van der Waals surface area contributed by atoms with E-state index < -0.39 is 0 Å². The van der Waals surface area contributed by atoms with Crippen LogP contribution >= 0.6 is 0 Å². The average molecular weight is 238 g/mol. The number of aliphatic hydroxyl groups is 1. The molecule has 0 aliphatic rings. The lowest BCUT2D eigenvalue weighted by Crippen LogP contribution is -2.07. The fraction of sp³-hybridized carbons (Fsp3) is 0.727. The molecule has 0 saturated heterocycles. The fourth-order valence-corrected chi connectivity index (χ4v) is 1.61. The van der Waals surface area contributed by atoms with Crippen LogP contribution in [0.5, 0.6) is 0 Å². The minimum absolute atomic E-state index is 0.224. The molecule has 17 heavy (non-hydrogen) atoms. The molecule has 1 aromatic rings. The van der Waals surface area contributed by atoms with Crippen LogP contribution in [-0.2, 0) is 24.3 Å². The maximum absolute atomic E-state index is 8.69. The lowest BCUT2D eigenvalue weighted by atomic mass is 10.2. The highest BCUT2D eigenvalue weighted by molar-refractivity contribution is 5.13. The van der Waals surface area contributed by atoms with Gasteiger partial charge < -0.3 is 9.84 Å². The summed E-state index contributed by atoms with van der Waals surface area (Å²) in [6.45, 7) is 1.39. The zero-order chi connectivity index (χ0) is 12.5. The van der Waals surface area contributed by atoms with Gasteiger partial charge in [0, 0.05) is 20.3 Å². The molecule has 0 radical (unpaired) electrons. The lowest BCUT2D eigenvalue weighted by Gasteiger charge is -2.06. The molecule has 0 spiro atoms. The second kappa shape index (κ2) is 7.76. The van der Waals surface area contributed by atoms with Gasteiger partial charge in [-0.1, -0.05) is 5.21 Å². The van der Waals surface area contributed by atoms with E-state index in [-0.39, 0.29) is 13.0 Å². The molecule has 0 unspecified atom stereocenters. The van der Waals surface area contributed by atoms with E-state index in [0.717, 1.165) is 31.5 Å². The van der Waals surface area contributed by atoms with Crippen LogP contribution in [-0.4, -0.2) is 33.8 Å². The number of aromatic nitrogens is 3. The van der Waals surface area contributed by atoms with Crippen molar-refractivity contribution in [1.82, 2.24) is 15.0 Å². The maximum Gasteiger partial charge on any atom is 0.102 e. The average Bonchev–Trinajstić information content (AvgIpc) is 2.69. The fourth-order valence-electron chi connectivity index (χ4n) is 1.61. The van der Waals surface area contributed by atoms with Crippen LogP contribution in [0.4, 0.5) is 0 Å². The summed E-state index contributed by atoms with van der Waals surface area (Å²) in [6, 6.07) is 2.07. The van der Waals surface area contributed by atoms with Crippen LogP contribution in [0, 0.1) is 11.3 Å². The first-order valence-electron chi connectivity index (χ1n) is 5.71. The summed E-state index contributed by atoms with van der Waals surface area (Å²) >= 11 is 0. The van der Waals surface area contributed by atoms with E-state index in [9.17, 15) is 0 Å². The highest BCUT2D eigenvalue weighted by atomic mass is 16.5. The standard InChI is InChI=1S/C11H18N4O2/c1-17-9-11-10(5-6-12)13-14-15(11)7-3-2-4-8-16/h16H,2-5,7-9H2,1H3. The molecule has 94 valence electrons. The third-order valence-electron chi connectivity index (χ3n) is 2.47. The molecule has 0 amide bonds. The molecule has 6 nitrogen and oxygen atoms in total. The molecule has 0 atom stereocenters. The number of unbranched alkanes of at least 4 members (excludes halogenated alkanes) is 2. The Balaban J connectivity index is 2.60. The molecule has 1 aromatic heterocycles. The van der Waals surface area contributed by atoms with Gasteiger partial charge in [0.05, 0.1) is 24.8 Å². The first-order chi connectivity index (χ1) is 8.33. The third-order valence-corrected chi connectivity index (χ3v) is 2.47. The van der Waals surface area contributed by atoms with Crippen LogP contribution in [0.1, 0.15) is 30.7 Å². The lowest BCUT2D eigenvalue weighted by molar-refractivity contribution is 0.175. The number of hydrogen-bond acceptors (Lipinski definition) is 5. The van der Waals surface area contributed by atoms with E-state index in [1.54, 1.807) is 11.8 Å². The number of rotatable bonds is 8. The van der Waals surface area contributed by atoms with Crippen LogP contribution in [0.3, 0.4) is 0 Å². The summed E-state index contributed by atoms with van der Waals surface area (Å²) in [6.07, 6.45) is 2.96. The van der Waals surface area contributed by atoms with Gasteiger partial charge in [0.25, 0.3) is 0 Å². The molecule has 1 N–H and O–H groups in total. The normalized spacial score (nSPS) is 10.4. The Hall–Kier alpha value is -1.45. The highest BCUT2D eigenvalue weighted by Crippen LogP contribution is 2.09. The quantitative estimate of drug-likeness (QED) is 0.672. The molecule has 0 aliphatic heterocycles. The Morgan fingerprint density at radius 2 is 2.24 bits per heavy atom. The topological polar surface area (TPSA) is 84.0 Å². The molecule has 0 aromatic carbocycles. The third kappa shape index (κ3) is 4.13. The molecule has 6 heteroatoms. The zero-order valence-electron chi connectivity index (χ0n) is 10.1. The van der Waals surface area contributed by atoms with Crippen molar-refractivity contribution in [3.8, 4) is 6.07 Å². The van der Waals surface area contributed by atoms with Gasteiger partial charge >= 0.3 is 0 Å². The Labute approximate surface area is 101 Å². The van der Waals surface area contributed by atoms with Gasteiger partial charge in [-0.15, -0.1) is 5.10 Å². The van der Waals surface area contributed by atoms with E-state index in [1.165, 1.54) is 0 Å². The Morgan fingerprint density at radius 3 is 2.88 bits per heavy atom. The van der Waals surface area contributed by atoms with Gasteiger partial charge in [-0.25, -0.2) is 4.68 Å².